The topological polar surface area (TPSA) is 56.1 Å². The minimum Gasteiger partial charge on any atom is -0.343 e. The lowest BCUT2D eigenvalue weighted by molar-refractivity contribution is 0.104. The summed E-state index contributed by atoms with van der Waals surface area (Å²) < 4.78 is 28.7. The van der Waals surface area contributed by atoms with Gasteiger partial charge in [0.1, 0.15) is 4.91 Å². The van der Waals surface area contributed by atoms with Crippen LogP contribution in [0.15, 0.2) is 76.5 Å². The van der Waals surface area contributed by atoms with Crippen molar-refractivity contribution in [2.45, 2.75) is 4.90 Å². The predicted molar refractivity (Wildman–Crippen MR) is 112 cm³/mol. The molecule has 1 aliphatic heterocycles. The smallest absolute Gasteiger partial charge is 0.211 e. The van der Waals surface area contributed by atoms with E-state index in [0.29, 0.717) is 0 Å². The molecule has 0 amide bonds. The number of allylic oxidation sites excluding steroid dienone is 1. The highest BCUT2D eigenvalue weighted by Gasteiger charge is 2.38. The summed E-state index contributed by atoms with van der Waals surface area (Å²) in [5, 5.41) is 0. The molecular formula is C22H15NO3S2. The number of fused-ring (bicyclic) bond motifs is 2. The largest absolute Gasteiger partial charge is 0.343 e. The van der Waals surface area contributed by atoms with E-state index in [4.69, 9.17) is 0 Å². The molecule has 28 heavy (non-hydrogen) atoms. The van der Waals surface area contributed by atoms with Crippen LogP contribution >= 0.6 is 11.3 Å². The van der Waals surface area contributed by atoms with Gasteiger partial charge in [-0.25, -0.2) is 8.42 Å². The van der Waals surface area contributed by atoms with Gasteiger partial charge in [-0.15, -0.1) is 11.3 Å². The van der Waals surface area contributed by atoms with Gasteiger partial charge < -0.3 is 4.57 Å². The summed E-state index contributed by atoms with van der Waals surface area (Å²) in [6.45, 7) is 0. The van der Waals surface area contributed by atoms with Crippen molar-refractivity contribution >= 4 is 43.2 Å². The minimum atomic E-state index is -3.76. The Balaban J connectivity index is 1.61. The molecule has 5 rings (SSSR count). The number of rotatable bonds is 2. The van der Waals surface area contributed by atoms with E-state index in [2.05, 4.69) is 22.8 Å². The summed E-state index contributed by atoms with van der Waals surface area (Å²) in [4.78, 5) is 13.3. The normalized spacial score (nSPS) is 16.8. The van der Waals surface area contributed by atoms with Gasteiger partial charge in [-0.1, -0.05) is 42.5 Å². The Morgan fingerprint density at radius 2 is 1.68 bits per heavy atom. The summed E-state index contributed by atoms with van der Waals surface area (Å²) in [5.41, 5.74) is 3.48. The molecule has 0 spiro atoms. The van der Waals surface area contributed by atoms with Crippen molar-refractivity contribution in [3.05, 3.63) is 82.1 Å². The van der Waals surface area contributed by atoms with E-state index in [0.717, 1.165) is 26.4 Å². The first-order valence-electron chi connectivity index (χ1n) is 8.72. The Morgan fingerprint density at radius 1 is 0.964 bits per heavy atom. The first-order valence-corrected chi connectivity index (χ1v) is 11.0. The van der Waals surface area contributed by atoms with Crippen molar-refractivity contribution in [3.8, 4) is 11.3 Å². The van der Waals surface area contributed by atoms with Crippen LogP contribution in [0.3, 0.4) is 0 Å². The highest BCUT2D eigenvalue weighted by Crippen LogP contribution is 2.38. The molecule has 138 valence electrons. The summed E-state index contributed by atoms with van der Waals surface area (Å²) in [6, 6.07) is 20.5. The monoisotopic (exact) mass is 405 g/mol. The molecule has 0 N–H and O–H groups in total. The van der Waals surface area contributed by atoms with E-state index < -0.39 is 15.6 Å². The highest BCUT2D eigenvalue weighted by atomic mass is 32.2. The quantitative estimate of drug-likeness (QED) is 0.445. The van der Waals surface area contributed by atoms with E-state index in [1.807, 2.05) is 31.3 Å². The first-order chi connectivity index (χ1) is 13.5. The molecule has 3 heterocycles. The molecule has 6 heteroatoms. The van der Waals surface area contributed by atoms with Gasteiger partial charge in [-0.05, 0) is 35.9 Å². The number of nitrogens with zero attached hydrogens (tertiary/aromatic N) is 1. The average Bonchev–Trinajstić information content (AvgIpc) is 3.30. The minimum absolute atomic E-state index is 0.0960. The van der Waals surface area contributed by atoms with Crippen molar-refractivity contribution in [2.75, 3.05) is 0 Å². The van der Waals surface area contributed by atoms with Crippen molar-refractivity contribution in [1.29, 1.82) is 0 Å². The van der Waals surface area contributed by atoms with Gasteiger partial charge in [0.05, 0.1) is 15.1 Å². The molecule has 0 unspecified atom stereocenters. The van der Waals surface area contributed by atoms with Gasteiger partial charge in [-0.3, -0.25) is 4.79 Å². The lowest BCUT2D eigenvalue weighted by Gasteiger charge is -2.03. The number of aromatic nitrogens is 1. The maximum atomic E-state index is 12.8. The molecule has 0 bridgehead atoms. The second-order valence-electron chi connectivity index (χ2n) is 6.69. The molecule has 0 saturated heterocycles. The van der Waals surface area contributed by atoms with Gasteiger partial charge in [0.25, 0.3) is 0 Å². The number of Topliss-reactive ketones (excluding diaryl/α,β-unsaturated/α-hetero) is 1. The zero-order valence-corrected chi connectivity index (χ0v) is 16.5. The number of hydrogen-bond donors (Lipinski definition) is 0. The van der Waals surface area contributed by atoms with Crippen LogP contribution in [0.2, 0.25) is 0 Å². The summed E-state index contributed by atoms with van der Waals surface area (Å²) in [7, 11) is -1.78. The number of carbonyl (C=O) groups is 1. The third-order valence-corrected chi connectivity index (χ3v) is 7.86. The first kappa shape index (κ1) is 17.2. The maximum absolute atomic E-state index is 12.8. The predicted octanol–water partition coefficient (Wildman–Crippen LogP) is 4.92. The SMILES string of the molecule is Cn1c(-c2ccccc2)cc2sc(/C=C3\C(=O)c4ccccc4S3(=O)=O)cc21. The van der Waals surface area contributed by atoms with Gasteiger partial charge in [0.2, 0.25) is 15.6 Å². The fourth-order valence-corrected chi connectivity index (χ4v) is 6.35. The second kappa shape index (κ2) is 6.02. The van der Waals surface area contributed by atoms with Gasteiger partial charge in [-0.2, -0.15) is 0 Å². The Hall–Kier alpha value is -2.96. The van der Waals surface area contributed by atoms with Gasteiger partial charge >= 0.3 is 0 Å². The molecule has 0 atom stereocenters. The van der Waals surface area contributed by atoms with E-state index in [1.165, 1.54) is 23.5 Å². The molecule has 1 aliphatic rings. The fraction of sp³-hybridized carbons (Fsp3) is 0.0455. The third-order valence-electron chi connectivity index (χ3n) is 5.03. The number of sulfone groups is 1. The lowest BCUT2D eigenvalue weighted by atomic mass is 10.1. The molecule has 4 nitrogen and oxygen atoms in total. The average molecular weight is 406 g/mol. The van der Waals surface area contributed by atoms with E-state index in [9.17, 15) is 13.2 Å². The standard InChI is InChI=1S/C22H15NO3S2/c1-23-17(14-7-3-2-4-8-14)13-19-18(23)11-15(27-19)12-21-22(24)16-9-5-6-10-20(16)28(21,25)26/h2-13H,1H3/b21-12+. The van der Waals surface area contributed by atoms with Crippen molar-refractivity contribution in [3.63, 3.8) is 0 Å². The van der Waals surface area contributed by atoms with Crippen LogP contribution in [0, 0.1) is 0 Å². The van der Waals surface area contributed by atoms with Crippen LogP contribution in [0.4, 0.5) is 0 Å². The summed E-state index contributed by atoms with van der Waals surface area (Å²) in [5.74, 6) is -0.432. The molecule has 0 saturated carbocycles. The Morgan fingerprint density at radius 3 is 2.39 bits per heavy atom. The van der Waals surface area contributed by atoms with Crippen molar-refractivity contribution in [2.24, 2.45) is 7.05 Å². The Labute approximate surface area is 166 Å². The zero-order valence-electron chi connectivity index (χ0n) is 14.9. The van der Waals surface area contributed by atoms with Crippen LogP contribution in [-0.4, -0.2) is 18.8 Å². The van der Waals surface area contributed by atoms with Crippen LogP contribution in [0.1, 0.15) is 15.2 Å². The lowest BCUT2D eigenvalue weighted by Crippen LogP contribution is -2.01. The summed E-state index contributed by atoms with van der Waals surface area (Å²) in [6.07, 6.45) is 1.50. The van der Waals surface area contributed by atoms with E-state index in [1.54, 1.807) is 18.2 Å². The van der Waals surface area contributed by atoms with Gasteiger partial charge in [0.15, 0.2) is 0 Å². The molecular weight excluding hydrogens is 390 g/mol. The number of aryl methyl sites for hydroxylation is 1. The second-order valence-corrected chi connectivity index (χ2v) is 9.69. The summed E-state index contributed by atoms with van der Waals surface area (Å²) >= 11 is 1.48. The zero-order chi connectivity index (χ0) is 19.5. The maximum Gasteiger partial charge on any atom is 0.211 e. The third kappa shape index (κ3) is 2.42. The number of benzene rings is 2. The molecule has 2 aromatic carbocycles. The number of thiophene rings is 1. The number of ketones is 1. The molecule has 0 radical (unpaired) electrons. The highest BCUT2D eigenvalue weighted by molar-refractivity contribution is 7.97. The molecule has 2 aromatic heterocycles. The molecule has 0 fully saturated rings. The number of hydrogen-bond acceptors (Lipinski definition) is 4. The number of carbonyl (C=O) groups excluding carboxylic acids is 1. The Kier molecular flexibility index (Phi) is 3.69. The van der Waals surface area contributed by atoms with Crippen LogP contribution in [-0.2, 0) is 16.9 Å². The molecule has 4 aromatic rings. The van der Waals surface area contributed by atoms with Crippen LogP contribution in [0.5, 0.6) is 0 Å². The fourth-order valence-electron chi connectivity index (χ4n) is 3.62. The van der Waals surface area contributed by atoms with Gasteiger partial charge in [0, 0.05) is 23.2 Å². The molecule has 0 aliphatic carbocycles. The Bertz CT molecular complexity index is 1390. The van der Waals surface area contributed by atoms with E-state index >= 15 is 0 Å². The van der Waals surface area contributed by atoms with Crippen molar-refractivity contribution in [1.82, 2.24) is 4.57 Å². The van der Waals surface area contributed by atoms with Crippen LogP contribution in [0.25, 0.3) is 27.6 Å². The van der Waals surface area contributed by atoms with Crippen molar-refractivity contribution < 1.29 is 13.2 Å². The van der Waals surface area contributed by atoms with Crippen LogP contribution < -0.4 is 0 Å². The van der Waals surface area contributed by atoms with E-state index in [-0.39, 0.29) is 15.4 Å².